The van der Waals surface area contributed by atoms with E-state index in [0.717, 1.165) is 10.6 Å². The fourth-order valence-corrected chi connectivity index (χ4v) is 4.74. The number of anilines is 1. The normalized spacial score (nSPS) is 12.2. The lowest BCUT2D eigenvalue weighted by atomic mass is 10.1. The van der Waals surface area contributed by atoms with Gasteiger partial charge in [0.15, 0.2) is 0 Å². The summed E-state index contributed by atoms with van der Waals surface area (Å²) in [5.74, 6) is -0.953. The molecule has 180 valence electrons. The molecule has 0 bridgehead atoms. The van der Waals surface area contributed by atoms with E-state index in [1.54, 1.807) is 51.1 Å². The number of halogens is 3. The van der Waals surface area contributed by atoms with Gasteiger partial charge >= 0.3 is 0 Å². The molecule has 2 aromatic rings. The summed E-state index contributed by atoms with van der Waals surface area (Å²) in [5.41, 5.74) is 1.37. The number of likely N-dealkylation sites (N-methyl/N-ethyl adjacent to an activating group) is 1. The number of nitrogens with one attached hydrogen (secondary N) is 1. The average molecular weight is 535 g/mol. The predicted molar refractivity (Wildman–Crippen MR) is 134 cm³/mol. The Kier molecular flexibility index (Phi) is 9.43. The monoisotopic (exact) mass is 533 g/mol. The Morgan fingerprint density at radius 3 is 2.33 bits per heavy atom. The van der Waals surface area contributed by atoms with E-state index in [1.165, 1.54) is 11.0 Å². The topological polar surface area (TPSA) is 86.8 Å². The highest BCUT2D eigenvalue weighted by Gasteiger charge is 2.31. The van der Waals surface area contributed by atoms with E-state index >= 15 is 0 Å². The third-order valence-electron chi connectivity index (χ3n) is 5.06. The summed E-state index contributed by atoms with van der Waals surface area (Å²) in [6, 6.07) is 8.75. The van der Waals surface area contributed by atoms with Gasteiger partial charge < -0.3 is 10.2 Å². The number of nitrogens with zero attached hydrogens (tertiary/aromatic N) is 2. The quantitative estimate of drug-likeness (QED) is 0.520. The van der Waals surface area contributed by atoms with Gasteiger partial charge in [0.05, 0.1) is 11.9 Å². The lowest BCUT2D eigenvalue weighted by Gasteiger charge is -2.32. The minimum atomic E-state index is -3.85. The summed E-state index contributed by atoms with van der Waals surface area (Å²) in [4.78, 5) is 27.3. The lowest BCUT2D eigenvalue weighted by Crippen LogP contribution is -2.51. The summed E-state index contributed by atoms with van der Waals surface area (Å²) in [6.07, 6.45) is 1.01. The molecular formula is C22H26Cl3N3O4S. The van der Waals surface area contributed by atoms with Crippen molar-refractivity contribution in [1.82, 2.24) is 10.2 Å². The summed E-state index contributed by atoms with van der Waals surface area (Å²) >= 11 is 18.4. The van der Waals surface area contributed by atoms with E-state index in [4.69, 9.17) is 34.8 Å². The van der Waals surface area contributed by atoms with Crippen molar-refractivity contribution in [2.24, 2.45) is 0 Å². The van der Waals surface area contributed by atoms with Crippen LogP contribution in [0.2, 0.25) is 15.1 Å². The van der Waals surface area contributed by atoms with Crippen LogP contribution in [0.25, 0.3) is 0 Å². The Labute approximate surface area is 209 Å². The molecule has 11 heteroatoms. The Hall–Kier alpha value is -2.00. The third-order valence-corrected chi connectivity index (χ3v) is 7.18. The van der Waals surface area contributed by atoms with E-state index in [1.807, 2.05) is 0 Å². The molecule has 33 heavy (non-hydrogen) atoms. The van der Waals surface area contributed by atoms with Crippen molar-refractivity contribution in [3.8, 4) is 0 Å². The van der Waals surface area contributed by atoms with Gasteiger partial charge in [-0.15, -0.1) is 0 Å². The first-order chi connectivity index (χ1) is 15.4. The number of carbonyl (C=O) groups is 2. The molecule has 0 spiro atoms. The van der Waals surface area contributed by atoms with Crippen molar-refractivity contribution < 1.29 is 18.0 Å². The van der Waals surface area contributed by atoms with Crippen LogP contribution < -0.4 is 9.62 Å². The smallest absolute Gasteiger partial charge is 0.244 e. The van der Waals surface area contributed by atoms with Crippen molar-refractivity contribution in [3.63, 3.8) is 0 Å². The Morgan fingerprint density at radius 1 is 1.09 bits per heavy atom. The zero-order valence-electron chi connectivity index (χ0n) is 18.7. The van der Waals surface area contributed by atoms with Crippen LogP contribution >= 0.6 is 34.8 Å². The van der Waals surface area contributed by atoms with Crippen molar-refractivity contribution in [2.75, 3.05) is 23.7 Å². The molecule has 1 atom stereocenters. The second-order valence-electron chi connectivity index (χ2n) is 7.48. The molecule has 2 rings (SSSR count). The van der Waals surface area contributed by atoms with Crippen molar-refractivity contribution in [2.45, 2.75) is 33.4 Å². The van der Waals surface area contributed by atoms with Gasteiger partial charge in [0.25, 0.3) is 0 Å². The van der Waals surface area contributed by atoms with Crippen LogP contribution in [0.15, 0.2) is 36.4 Å². The second-order valence-corrected chi connectivity index (χ2v) is 10.6. The van der Waals surface area contributed by atoms with Crippen LogP contribution in [0.1, 0.15) is 25.0 Å². The number of sulfonamides is 1. The number of amides is 2. The number of rotatable bonds is 9. The van der Waals surface area contributed by atoms with Gasteiger partial charge in [0.1, 0.15) is 12.6 Å². The first kappa shape index (κ1) is 27.2. The molecule has 0 aliphatic heterocycles. The largest absolute Gasteiger partial charge is 0.355 e. The molecular weight excluding hydrogens is 509 g/mol. The maximum absolute atomic E-state index is 13.4. The SMILES string of the molecule is CCNC(=O)C(C)N(Cc1ccc(Cl)cc1Cl)C(=O)CN(c1cccc(Cl)c1C)S(C)(=O)=O. The minimum absolute atomic E-state index is 0.0146. The zero-order chi connectivity index (χ0) is 24.9. The van der Waals surface area contributed by atoms with E-state index in [0.29, 0.717) is 32.7 Å². The second kappa shape index (κ2) is 11.4. The van der Waals surface area contributed by atoms with Gasteiger partial charge in [-0.05, 0) is 56.2 Å². The Morgan fingerprint density at radius 2 is 1.76 bits per heavy atom. The molecule has 0 saturated carbocycles. The van der Waals surface area contributed by atoms with Gasteiger partial charge in [-0.1, -0.05) is 46.9 Å². The Balaban J connectivity index is 2.46. The minimum Gasteiger partial charge on any atom is -0.355 e. The standard InChI is InChI=1S/C22H26Cl3N3O4S/c1-5-26-22(30)15(3)27(12-16-9-10-17(23)11-19(16)25)21(29)13-28(33(4,31)32)20-8-6-7-18(24)14(20)2/h6-11,15H,5,12-13H2,1-4H3,(H,26,30). The van der Waals surface area contributed by atoms with E-state index in [-0.39, 0.29) is 18.1 Å². The Bertz CT molecular complexity index is 1140. The van der Waals surface area contributed by atoms with Crippen LogP contribution in [0.5, 0.6) is 0 Å². The summed E-state index contributed by atoms with van der Waals surface area (Å²) in [5, 5.41) is 3.81. The molecule has 0 aromatic heterocycles. The molecule has 2 amide bonds. The predicted octanol–water partition coefficient (Wildman–Crippen LogP) is 4.27. The van der Waals surface area contributed by atoms with E-state index in [9.17, 15) is 18.0 Å². The van der Waals surface area contributed by atoms with Gasteiger partial charge in [0, 0.05) is 28.2 Å². The van der Waals surface area contributed by atoms with Crippen LogP contribution in [0.4, 0.5) is 5.69 Å². The highest BCUT2D eigenvalue weighted by atomic mass is 35.5. The fourth-order valence-electron chi connectivity index (χ4n) is 3.20. The first-order valence-corrected chi connectivity index (χ1v) is 13.1. The van der Waals surface area contributed by atoms with Crippen molar-refractivity contribution in [1.29, 1.82) is 0 Å². The molecule has 0 saturated heterocycles. The lowest BCUT2D eigenvalue weighted by molar-refractivity contribution is -0.139. The van der Waals surface area contributed by atoms with Gasteiger partial charge in [-0.25, -0.2) is 8.42 Å². The van der Waals surface area contributed by atoms with Crippen LogP contribution in [0.3, 0.4) is 0 Å². The molecule has 2 aromatic carbocycles. The third kappa shape index (κ3) is 6.99. The average Bonchev–Trinajstić information content (AvgIpc) is 2.72. The molecule has 0 aliphatic rings. The van der Waals surface area contributed by atoms with Crippen LogP contribution in [-0.4, -0.2) is 50.5 Å². The van der Waals surface area contributed by atoms with Crippen LogP contribution in [0, 0.1) is 6.92 Å². The summed E-state index contributed by atoms with van der Waals surface area (Å²) in [6.45, 7) is 4.85. The molecule has 1 unspecified atom stereocenters. The summed E-state index contributed by atoms with van der Waals surface area (Å²) < 4.78 is 26.2. The van der Waals surface area contributed by atoms with Crippen molar-refractivity contribution in [3.05, 3.63) is 62.6 Å². The van der Waals surface area contributed by atoms with Gasteiger partial charge in [0.2, 0.25) is 21.8 Å². The number of hydrogen-bond donors (Lipinski definition) is 1. The van der Waals surface area contributed by atoms with Gasteiger partial charge in [-0.2, -0.15) is 0 Å². The number of hydrogen-bond acceptors (Lipinski definition) is 4. The van der Waals surface area contributed by atoms with Crippen LogP contribution in [-0.2, 0) is 26.2 Å². The molecule has 0 fully saturated rings. The fraction of sp³-hybridized carbons (Fsp3) is 0.364. The molecule has 0 aliphatic carbocycles. The molecule has 0 heterocycles. The molecule has 7 nitrogen and oxygen atoms in total. The molecule has 0 radical (unpaired) electrons. The highest BCUT2D eigenvalue weighted by Crippen LogP contribution is 2.29. The number of carbonyl (C=O) groups excluding carboxylic acids is 2. The maximum Gasteiger partial charge on any atom is 0.244 e. The van der Waals surface area contributed by atoms with E-state index in [2.05, 4.69) is 5.32 Å². The first-order valence-electron chi connectivity index (χ1n) is 10.1. The summed E-state index contributed by atoms with van der Waals surface area (Å²) in [7, 11) is -3.85. The van der Waals surface area contributed by atoms with Gasteiger partial charge in [-0.3, -0.25) is 13.9 Å². The highest BCUT2D eigenvalue weighted by molar-refractivity contribution is 7.92. The van der Waals surface area contributed by atoms with Crippen molar-refractivity contribution >= 4 is 62.3 Å². The molecule has 1 N–H and O–H groups in total. The van der Waals surface area contributed by atoms with E-state index < -0.39 is 28.5 Å². The number of benzene rings is 2. The zero-order valence-corrected chi connectivity index (χ0v) is 21.8. The maximum atomic E-state index is 13.4.